The molecule has 1 atom stereocenters. The molecule has 0 saturated carbocycles. The third-order valence-electron chi connectivity index (χ3n) is 1.95. The Balaban J connectivity index is 2.18. The number of anilines is 1. The van der Waals surface area contributed by atoms with Crippen molar-refractivity contribution in [3.05, 3.63) is 22.4 Å². The van der Waals surface area contributed by atoms with E-state index in [2.05, 4.69) is 14.9 Å². The zero-order valence-electron chi connectivity index (χ0n) is 8.82. The van der Waals surface area contributed by atoms with E-state index in [0.29, 0.717) is 0 Å². The van der Waals surface area contributed by atoms with Gasteiger partial charge in [-0.25, -0.2) is 13.1 Å². The van der Waals surface area contributed by atoms with Crippen molar-refractivity contribution in [2.75, 3.05) is 5.73 Å². The highest BCUT2D eigenvalue weighted by atomic mass is 32.2. The first-order valence-electron chi connectivity index (χ1n) is 4.64. The molecule has 0 aliphatic heterocycles. The predicted octanol–water partition coefficient (Wildman–Crippen LogP) is 1.22. The van der Waals surface area contributed by atoms with Crippen molar-refractivity contribution in [3.63, 3.8) is 0 Å². The third kappa shape index (κ3) is 2.80. The van der Waals surface area contributed by atoms with Gasteiger partial charge in [0, 0.05) is 4.88 Å². The monoisotopic (exact) mass is 290 g/mol. The van der Waals surface area contributed by atoms with Gasteiger partial charge < -0.3 is 5.73 Å². The first-order valence-corrected chi connectivity index (χ1v) is 7.81. The molecular weight excluding hydrogens is 280 g/mol. The molecule has 2 aromatic rings. The molecule has 0 aliphatic rings. The van der Waals surface area contributed by atoms with Gasteiger partial charge in [0.05, 0.1) is 6.04 Å². The fraction of sp³-hybridized carbons (Fsp3) is 0.250. The maximum Gasteiger partial charge on any atom is 0.270 e. The van der Waals surface area contributed by atoms with Gasteiger partial charge in [0.1, 0.15) is 0 Å². The number of hydrogen-bond acceptors (Lipinski definition) is 7. The van der Waals surface area contributed by atoms with E-state index in [9.17, 15) is 8.42 Å². The van der Waals surface area contributed by atoms with Crippen molar-refractivity contribution in [1.29, 1.82) is 0 Å². The van der Waals surface area contributed by atoms with E-state index in [1.807, 2.05) is 17.5 Å². The number of sulfonamides is 1. The highest BCUT2D eigenvalue weighted by Gasteiger charge is 2.22. The number of nitrogen functional groups attached to an aromatic ring is 1. The van der Waals surface area contributed by atoms with Gasteiger partial charge in [0.25, 0.3) is 10.0 Å². The lowest BCUT2D eigenvalue weighted by Gasteiger charge is -2.10. The lowest BCUT2D eigenvalue weighted by molar-refractivity contribution is 0.566. The van der Waals surface area contributed by atoms with E-state index in [1.165, 1.54) is 11.3 Å². The summed E-state index contributed by atoms with van der Waals surface area (Å²) in [5.74, 6) is 0. The van der Waals surface area contributed by atoms with Crippen LogP contribution in [0, 0.1) is 0 Å². The summed E-state index contributed by atoms with van der Waals surface area (Å²) in [6.45, 7) is 1.77. The highest BCUT2D eigenvalue weighted by Crippen LogP contribution is 2.22. The number of nitrogens with zero attached hydrogens (tertiary/aromatic N) is 2. The summed E-state index contributed by atoms with van der Waals surface area (Å²) in [6.07, 6.45) is 0. The second-order valence-corrected chi connectivity index (χ2v) is 7.14. The van der Waals surface area contributed by atoms with Crippen LogP contribution >= 0.6 is 22.7 Å². The Bertz CT molecular complexity index is 590. The van der Waals surface area contributed by atoms with Crippen LogP contribution < -0.4 is 10.5 Å². The molecule has 17 heavy (non-hydrogen) atoms. The topological polar surface area (TPSA) is 98.0 Å². The molecule has 1 unspecified atom stereocenters. The maximum atomic E-state index is 11.9. The third-order valence-corrected chi connectivity index (χ3v) is 5.67. The molecule has 92 valence electrons. The van der Waals surface area contributed by atoms with Crippen LogP contribution in [0.4, 0.5) is 5.13 Å². The van der Waals surface area contributed by atoms with E-state index >= 15 is 0 Å². The first kappa shape index (κ1) is 12.4. The van der Waals surface area contributed by atoms with Crippen LogP contribution in [-0.4, -0.2) is 18.6 Å². The fourth-order valence-electron chi connectivity index (χ4n) is 1.21. The smallest absolute Gasteiger partial charge is 0.270 e. The van der Waals surface area contributed by atoms with E-state index < -0.39 is 10.0 Å². The van der Waals surface area contributed by atoms with Crippen molar-refractivity contribution in [3.8, 4) is 0 Å². The Morgan fingerprint density at radius 2 is 2.24 bits per heavy atom. The molecule has 6 nitrogen and oxygen atoms in total. The largest absolute Gasteiger partial charge is 0.374 e. The van der Waals surface area contributed by atoms with Crippen LogP contribution in [0.25, 0.3) is 0 Å². The summed E-state index contributed by atoms with van der Waals surface area (Å²) in [6, 6.07) is 3.44. The maximum absolute atomic E-state index is 11.9. The summed E-state index contributed by atoms with van der Waals surface area (Å²) >= 11 is 2.33. The summed E-state index contributed by atoms with van der Waals surface area (Å²) in [4.78, 5) is 0.936. The van der Waals surface area contributed by atoms with Crippen molar-refractivity contribution in [1.82, 2.24) is 14.9 Å². The zero-order valence-corrected chi connectivity index (χ0v) is 11.3. The molecular formula is C8H10N4O2S3. The molecule has 3 N–H and O–H groups in total. The molecule has 9 heteroatoms. The minimum atomic E-state index is -3.64. The van der Waals surface area contributed by atoms with Crippen LogP contribution in [0.15, 0.2) is 21.9 Å². The molecule has 0 aromatic carbocycles. The van der Waals surface area contributed by atoms with E-state index in [-0.39, 0.29) is 15.5 Å². The second-order valence-electron chi connectivity index (χ2n) is 3.26. The summed E-state index contributed by atoms with van der Waals surface area (Å²) < 4.78 is 26.2. The van der Waals surface area contributed by atoms with E-state index in [0.717, 1.165) is 16.2 Å². The standard InChI is InChI=1S/C8H10N4O2S3/c1-5(6-3-2-4-15-6)12-17(13,14)8-11-10-7(9)16-8/h2-5,12H,1H3,(H2,9,10). The first-order chi connectivity index (χ1) is 7.99. The van der Waals surface area contributed by atoms with Gasteiger partial charge in [-0.3, -0.25) is 0 Å². The van der Waals surface area contributed by atoms with Crippen molar-refractivity contribution in [2.24, 2.45) is 0 Å². The Morgan fingerprint density at radius 3 is 2.76 bits per heavy atom. The summed E-state index contributed by atoms with van der Waals surface area (Å²) in [5, 5.41) is 9.03. The molecule has 0 spiro atoms. The highest BCUT2D eigenvalue weighted by molar-refractivity contribution is 7.91. The van der Waals surface area contributed by atoms with Crippen molar-refractivity contribution < 1.29 is 8.42 Å². The summed E-state index contributed by atoms with van der Waals surface area (Å²) in [5.41, 5.74) is 5.36. The molecule has 0 bridgehead atoms. The Labute approximate surface area is 107 Å². The number of aromatic nitrogens is 2. The Morgan fingerprint density at radius 1 is 1.47 bits per heavy atom. The Kier molecular flexibility index (Phi) is 3.43. The molecule has 2 heterocycles. The van der Waals surface area contributed by atoms with Gasteiger partial charge in [-0.2, -0.15) is 0 Å². The fourth-order valence-corrected chi connectivity index (χ4v) is 4.04. The van der Waals surface area contributed by atoms with Crippen LogP contribution in [0.5, 0.6) is 0 Å². The van der Waals surface area contributed by atoms with E-state index in [1.54, 1.807) is 6.92 Å². The SMILES string of the molecule is CC(NS(=O)(=O)c1nnc(N)s1)c1cccs1. The molecule has 0 radical (unpaired) electrons. The molecule has 2 rings (SSSR count). The predicted molar refractivity (Wildman–Crippen MR) is 67.4 cm³/mol. The number of rotatable bonds is 4. The van der Waals surface area contributed by atoms with Gasteiger partial charge in [0.15, 0.2) is 0 Å². The molecule has 0 amide bonds. The average Bonchev–Trinajstić information content (AvgIpc) is 2.86. The van der Waals surface area contributed by atoms with Gasteiger partial charge in [-0.15, -0.1) is 21.5 Å². The minimum absolute atomic E-state index is 0.113. The second kappa shape index (κ2) is 4.69. The number of nitrogens with two attached hydrogens (primary N) is 1. The van der Waals surface area contributed by atoms with E-state index in [4.69, 9.17) is 5.73 Å². The lowest BCUT2D eigenvalue weighted by Crippen LogP contribution is -2.26. The van der Waals surface area contributed by atoms with Crippen LogP contribution in [-0.2, 0) is 10.0 Å². The summed E-state index contributed by atoms with van der Waals surface area (Å²) in [7, 11) is -3.64. The minimum Gasteiger partial charge on any atom is -0.374 e. The van der Waals surface area contributed by atoms with Crippen LogP contribution in [0.3, 0.4) is 0 Å². The van der Waals surface area contributed by atoms with Crippen LogP contribution in [0.1, 0.15) is 17.8 Å². The zero-order chi connectivity index (χ0) is 12.5. The number of thiophene rings is 1. The molecule has 2 aromatic heterocycles. The van der Waals surface area contributed by atoms with Gasteiger partial charge >= 0.3 is 0 Å². The van der Waals surface area contributed by atoms with Crippen molar-refractivity contribution >= 4 is 37.8 Å². The van der Waals surface area contributed by atoms with Crippen molar-refractivity contribution in [2.45, 2.75) is 17.3 Å². The molecule has 0 saturated heterocycles. The number of nitrogens with one attached hydrogen (secondary N) is 1. The molecule has 0 fully saturated rings. The average molecular weight is 290 g/mol. The lowest BCUT2D eigenvalue weighted by atomic mass is 10.3. The van der Waals surface area contributed by atoms with Gasteiger partial charge in [-0.1, -0.05) is 17.4 Å². The Hall–Kier alpha value is -1.03. The quantitative estimate of drug-likeness (QED) is 0.882. The molecule has 0 aliphatic carbocycles. The van der Waals surface area contributed by atoms with Crippen LogP contribution in [0.2, 0.25) is 0 Å². The van der Waals surface area contributed by atoms with Gasteiger partial charge in [-0.05, 0) is 18.4 Å². The normalized spacial score (nSPS) is 13.7. The number of hydrogen-bond donors (Lipinski definition) is 2. The van der Waals surface area contributed by atoms with Gasteiger partial charge in [0.2, 0.25) is 9.47 Å².